The van der Waals surface area contributed by atoms with E-state index in [4.69, 9.17) is 0 Å². The third kappa shape index (κ3) is 2.49. The zero-order valence-electron chi connectivity index (χ0n) is 16.2. The molecule has 27 heavy (non-hydrogen) atoms. The normalized spacial score (nSPS) is 51.4. The predicted molar refractivity (Wildman–Crippen MR) is 100 cm³/mol. The first-order valence-corrected chi connectivity index (χ1v) is 11.3. The second kappa shape index (κ2) is 5.42. The van der Waals surface area contributed by atoms with Crippen molar-refractivity contribution < 1.29 is 14.7 Å². The number of carbonyl (C=O) groups is 2. The van der Waals surface area contributed by atoms with Gasteiger partial charge in [-0.25, -0.2) is 14.5 Å². The minimum atomic E-state index is -1.03. The van der Waals surface area contributed by atoms with Crippen LogP contribution in [0.15, 0.2) is 0 Å². The molecular formula is C22H32N2O3. The van der Waals surface area contributed by atoms with E-state index in [9.17, 15) is 14.7 Å². The Hall–Kier alpha value is -1.26. The number of carboxylic acid groups (broad SMARTS) is 1. The van der Waals surface area contributed by atoms with Crippen LogP contribution < -0.4 is 5.32 Å². The molecular weight excluding hydrogens is 340 g/mol. The van der Waals surface area contributed by atoms with E-state index in [0.717, 1.165) is 56.3 Å². The first-order valence-electron chi connectivity index (χ1n) is 11.3. The second-order valence-corrected chi connectivity index (χ2v) is 11.4. The van der Waals surface area contributed by atoms with Crippen LogP contribution in [0.1, 0.15) is 77.0 Å². The zero-order valence-corrected chi connectivity index (χ0v) is 16.2. The van der Waals surface area contributed by atoms with Crippen LogP contribution in [0.2, 0.25) is 0 Å². The van der Waals surface area contributed by atoms with Gasteiger partial charge in [-0.2, -0.15) is 0 Å². The SMILES string of the molecule is O=C(O)N(C(=O)NC12CC3CC(CC(C3)C1)C2)C12CC3CC(CC(C3)C1)C2. The number of nitrogens with one attached hydrogen (secondary N) is 1. The van der Waals surface area contributed by atoms with E-state index in [2.05, 4.69) is 5.32 Å². The molecule has 8 saturated carbocycles. The summed E-state index contributed by atoms with van der Waals surface area (Å²) in [5.74, 6) is 4.12. The molecule has 0 aromatic carbocycles. The van der Waals surface area contributed by atoms with Crippen molar-refractivity contribution in [1.82, 2.24) is 10.2 Å². The number of nitrogens with zero attached hydrogens (tertiary/aromatic N) is 1. The highest BCUT2D eigenvalue weighted by Crippen LogP contribution is 2.59. The average molecular weight is 373 g/mol. The Morgan fingerprint density at radius 3 is 1.44 bits per heavy atom. The van der Waals surface area contributed by atoms with Crippen LogP contribution in [0.5, 0.6) is 0 Å². The number of hydrogen-bond acceptors (Lipinski definition) is 2. The molecule has 8 rings (SSSR count). The number of hydrogen-bond donors (Lipinski definition) is 2. The zero-order chi connectivity index (χ0) is 18.4. The van der Waals surface area contributed by atoms with Gasteiger partial charge in [-0.05, 0) is 113 Å². The molecule has 0 aliphatic heterocycles. The van der Waals surface area contributed by atoms with Gasteiger partial charge in [-0.1, -0.05) is 0 Å². The second-order valence-electron chi connectivity index (χ2n) is 11.4. The summed E-state index contributed by atoms with van der Waals surface area (Å²) < 4.78 is 0. The molecule has 0 heterocycles. The monoisotopic (exact) mass is 372 g/mol. The standard InChI is InChI=1S/C22H32N2O3/c25-19(23-21-7-13-1-14(8-21)3-15(2-13)9-21)24(20(26)27)22-10-16-4-17(11-22)6-18(5-16)12-22/h13-18H,1-12H2,(H,23,25)(H,26,27). The third-order valence-electron chi connectivity index (χ3n) is 9.28. The van der Waals surface area contributed by atoms with Gasteiger partial charge in [0.15, 0.2) is 0 Å². The number of urea groups is 1. The summed E-state index contributed by atoms with van der Waals surface area (Å²) in [6.45, 7) is 0. The fourth-order valence-electron chi connectivity index (χ4n) is 9.39. The Balaban J connectivity index is 1.27. The highest BCUT2D eigenvalue weighted by molar-refractivity contribution is 5.91. The highest BCUT2D eigenvalue weighted by Gasteiger charge is 2.58. The van der Waals surface area contributed by atoms with Gasteiger partial charge in [-0.3, -0.25) is 0 Å². The molecule has 0 aromatic rings. The van der Waals surface area contributed by atoms with Gasteiger partial charge >= 0.3 is 12.1 Å². The van der Waals surface area contributed by atoms with Crippen LogP contribution in [0.25, 0.3) is 0 Å². The van der Waals surface area contributed by atoms with Gasteiger partial charge < -0.3 is 10.4 Å². The van der Waals surface area contributed by atoms with E-state index in [1.807, 2.05) is 0 Å². The molecule has 8 bridgehead atoms. The summed E-state index contributed by atoms with van der Waals surface area (Å²) in [6.07, 6.45) is 12.6. The number of rotatable bonds is 2. The van der Waals surface area contributed by atoms with Crippen molar-refractivity contribution in [2.24, 2.45) is 35.5 Å². The summed E-state index contributed by atoms with van der Waals surface area (Å²) in [6, 6.07) is -0.300. The van der Waals surface area contributed by atoms with Crippen LogP contribution in [0.3, 0.4) is 0 Å². The molecule has 8 aliphatic carbocycles. The molecule has 0 radical (unpaired) electrons. The molecule has 0 atom stereocenters. The molecule has 0 aromatic heterocycles. The summed E-state index contributed by atoms with van der Waals surface area (Å²) in [7, 11) is 0. The predicted octanol–water partition coefficient (Wildman–Crippen LogP) is 4.61. The van der Waals surface area contributed by atoms with Crippen molar-refractivity contribution >= 4 is 12.1 Å². The molecule has 5 heteroatoms. The maximum atomic E-state index is 13.4. The lowest BCUT2D eigenvalue weighted by molar-refractivity contribution is -0.0658. The van der Waals surface area contributed by atoms with Crippen molar-refractivity contribution in [2.75, 3.05) is 0 Å². The topological polar surface area (TPSA) is 69.6 Å². The van der Waals surface area contributed by atoms with Gasteiger partial charge in [0.1, 0.15) is 0 Å². The van der Waals surface area contributed by atoms with Crippen LogP contribution in [-0.4, -0.2) is 33.2 Å². The van der Waals surface area contributed by atoms with Crippen molar-refractivity contribution in [1.29, 1.82) is 0 Å². The van der Waals surface area contributed by atoms with Crippen molar-refractivity contribution in [3.63, 3.8) is 0 Å². The maximum absolute atomic E-state index is 13.4. The van der Waals surface area contributed by atoms with E-state index in [1.54, 1.807) is 0 Å². The lowest BCUT2D eigenvalue weighted by Crippen LogP contribution is -2.68. The van der Waals surface area contributed by atoms with E-state index in [0.29, 0.717) is 17.8 Å². The molecule has 5 nitrogen and oxygen atoms in total. The lowest BCUT2D eigenvalue weighted by atomic mass is 9.52. The van der Waals surface area contributed by atoms with E-state index in [-0.39, 0.29) is 11.6 Å². The summed E-state index contributed by atoms with van der Waals surface area (Å²) >= 11 is 0. The first-order chi connectivity index (χ1) is 12.9. The first kappa shape index (κ1) is 16.7. The van der Waals surface area contributed by atoms with Crippen LogP contribution in [0.4, 0.5) is 9.59 Å². The van der Waals surface area contributed by atoms with Crippen LogP contribution in [0, 0.1) is 35.5 Å². The van der Waals surface area contributed by atoms with E-state index < -0.39 is 11.6 Å². The van der Waals surface area contributed by atoms with Crippen LogP contribution in [-0.2, 0) is 0 Å². The van der Waals surface area contributed by atoms with E-state index >= 15 is 0 Å². The van der Waals surface area contributed by atoms with Crippen molar-refractivity contribution in [3.05, 3.63) is 0 Å². The minimum absolute atomic E-state index is 0.123. The minimum Gasteiger partial charge on any atom is -0.465 e. The van der Waals surface area contributed by atoms with Gasteiger partial charge in [-0.15, -0.1) is 0 Å². The fourth-order valence-corrected chi connectivity index (χ4v) is 9.39. The Kier molecular flexibility index (Phi) is 3.34. The fraction of sp³-hybridized carbons (Fsp3) is 0.909. The summed E-state index contributed by atoms with van der Waals surface area (Å²) in [4.78, 5) is 27.0. The Labute approximate surface area is 161 Å². The molecule has 148 valence electrons. The highest BCUT2D eigenvalue weighted by atomic mass is 16.4. The number of imide groups is 1. The Morgan fingerprint density at radius 1 is 0.704 bits per heavy atom. The van der Waals surface area contributed by atoms with Crippen LogP contribution >= 0.6 is 0 Å². The van der Waals surface area contributed by atoms with Gasteiger partial charge in [0.2, 0.25) is 0 Å². The molecule has 0 spiro atoms. The molecule has 0 unspecified atom stereocenters. The summed E-state index contributed by atoms with van der Waals surface area (Å²) in [5.41, 5.74) is -0.547. The number of carbonyl (C=O) groups excluding carboxylic acids is 1. The van der Waals surface area contributed by atoms with Gasteiger partial charge in [0, 0.05) is 5.54 Å². The quantitative estimate of drug-likeness (QED) is 0.743. The molecule has 0 saturated heterocycles. The third-order valence-corrected chi connectivity index (χ3v) is 9.28. The molecule has 8 fully saturated rings. The maximum Gasteiger partial charge on any atom is 0.416 e. The largest absolute Gasteiger partial charge is 0.465 e. The van der Waals surface area contributed by atoms with E-state index in [1.165, 1.54) is 43.4 Å². The van der Waals surface area contributed by atoms with Crippen molar-refractivity contribution in [2.45, 2.75) is 88.1 Å². The van der Waals surface area contributed by atoms with Crippen molar-refractivity contribution in [3.8, 4) is 0 Å². The smallest absolute Gasteiger partial charge is 0.416 e. The molecule has 3 amide bonds. The number of amides is 3. The summed E-state index contributed by atoms with van der Waals surface area (Å²) in [5, 5.41) is 13.4. The molecule has 8 aliphatic rings. The van der Waals surface area contributed by atoms with Gasteiger partial charge in [0.05, 0.1) is 5.54 Å². The molecule has 2 N–H and O–H groups in total. The van der Waals surface area contributed by atoms with Gasteiger partial charge in [0.25, 0.3) is 0 Å². The Bertz CT molecular complexity index is 616. The average Bonchev–Trinajstić information content (AvgIpc) is 2.50. The lowest BCUT2D eigenvalue weighted by Gasteiger charge is -2.60. The Morgan fingerprint density at radius 2 is 1.07 bits per heavy atom.